The van der Waals surface area contributed by atoms with Crippen LogP contribution in [0.5, 0.6) is 0 Å². The summed E-state index contributed by atoms with van der Waals surface area (Å²) in [5, 5.41) is 3.33. The zero-order valence-corrected chi connectivity index (χ0v) is 15.9. The summed E-state index contributed by atoms with van der Waals surface area (Å²) < 4.78 is 13.4. The van der Waals surface area contributed by atoms with E-state index in [0.29, 0.717) is 19.0 Å². The highest BCUT2D eigenvalue weighted by Crippen LogP contribution is 2.40. The molecule has 1 aliphatic heterocycles. The van der Waals surface area contributed by atoms with Crippen LogP contribution in [-0.4, -0.2) is 23.2 Å². The minimum Gasteiger partial charge on any atom is -0.350 e. The number of fused-ring (bicyclic) bond motifs is 3. The molecule has 0 fully saturated rings. The second-order valence-electron chi connectivity index (χ2n) is 7.50. The van der Waals surface area contributed by atoms with Crippen molar-refractivity contribution in [3.8, 4) is 0 Å². The van der Waals surface area contributed by atoms with Crippen LogP contribution in [0.15, 0.2) is 83.0 Å². The van der Waals surface area contributed by atoms with E-state index in [4.69, 9.17) is 4.99 Å². The molecule has 1 N–H and O–H groups in total. The molecule has 3 aromatic rings. The normalized spacial score (nSPS) is 20.2. The van der Waals surface area contributed by atoms with Gasteiger partial charge >= 0.3 is 0 Å². The van der Waals surface area contributed by atoms with Gasteiger partial charge in [-0.1, -0.05) is 42.5 Å². The minimum atomic E-state index is -0.202. The van der Waals surface area contributed by atoms with Gasteiger partial charge in [-0.15, -0.1) is 0 Å². The van der Waals surface area contributed by atoms with E-state index < -0.39 is 0 Å². The predicted octanol–water partition coefficient (Wildman–Crippen LogP) is 4.32. The monoisotopic (exact) mass is 384 g/mol. The quantitative estimate of drug-likeness (QED) is 0.731. The molecule has 2 aromatic carbocycles. The first-order valence-electron chi connectivity index (χ1n) is 9.88. The van der Waals surface area contributed by atoms with Crippen LogP contribution in [0.1, 0.15) is 34.6 Å². The lowest BCUT2D eigenvalue weighted by atomic mass is 9.72. The van der Waals surface area contributed by atoms with Gasteiger partial charge in [-0.25, -0.2) is 9.38 Å². The van der Waals surface area contributed by atoms with Gasteiger partial charge in [0.25, 0.3) is 0 Å². The van der Waals surface area contributed by atoms with Gasteiger partial charge in [0, 0.05) is 36.3 Å². The second-order valence-corrected chi connectivity index (χ2v) is 7.50. The smallest absolute Gasteiger partial charge is 0.218 e. The van der Waals surface area contributed by atoms with Crippen molar-refractivity contribution in [3.05, 3.63) is 101 Å². The Hall–Kier alpha value is -3.34. The molecule has 2 heterocycles. The molecule has 29 heavy (non-hydrogen) atoms. The first kappa shape index (κ1) is 17.7. The number of aromatic nitrogens is 1. The van der Waals surface area contributed by atoms with Crippen molar-refractivity contribution in [2.24, 2.45) is 15.9 Å². The molecular formula is C24H21FN4. The first-order valence-corrected chi connectivity index (χ1v) is 9.88. The summed E-state index contributed by atoms with van der Waals surface area (Å²) in [5.41, 5.74) is 5.76. The van der Waals surface area contributed by atoms with Gasteiger partial charge in [0.05, 0.1) is 12.3 Å². The third-order valence-corrected chi connectivity index (χ3v) is 5.65. The zero-order valence-electron chi connectivity index (χ0n) is 15.9. The Bertz CT molecular complexity index is 1070. The van der Waals surface area contributed by atoms with Crippen LogP contribution in [0.2, 0.25) is 0 Å². The number of guanidine groups is 1. The van der Waals surface area contributed by atoms with E-state index in [9.17, 15) is 4.39 Å². The molecule has 4 nitrogen and oxygen atoms in total. The van der Waals surface area contributed by atoms with E-state index in [1.807, 2.05) is 30.5 Å². The molecule has 144 valence electrons. The van der Waals surface area contributed by atoms with Crippen LogP contribution in [-0.2, 0) is 6.54 Å². The summed E-state index contributed by atoms with van der Waals surface area (Å²) in [7, 11) is 0. The predicted molar refractivity (Wildman–Crippen MR) is 113 cm³/mol. The third-order valence-electron chi connectivity index (χ3n) is 5.65. The summed E-state index contributed by atoms with van der Waals surface area (Å²) in [6.45, 7) is 1.36. The van der Waals surface area contributed by atoms with E-state index in [0.717, 1.165) is 23.3 Å². The van der Waals surface area contributed by atoms with Crippen molar-refractivity contribution in [1.29, 1.82) is 0 Å². The van der Waals surface area contributed by atoms with Crippen LogP contribution in [0, 0.1) is 11.7 Å². The topological polar surface area (TPSA) is 49.6 Å². The Morgan fingerprint density at radius 2 is 1.86 bits per heavy atom. The molecule has 0 spiro atoms. The number of nitrogens with one attached hydrogen (secondary N) is 1. The van der Waals surface area contributed by atoms with E-state index >= 15 is 0 Å². The van der Waals surface area contributed by atoms with Crippen molar-refractivity contribution >= 4 is 11.7 Å². The maximum atomic E-state index is 13.4. The fourth-order valence-electron chi connectivity index (χ4n) is 4.23. The summed E-state index contributed by atoms with van der Waals surface area (Å²) in [4.78, 5) is 13.7. The molecule has 1 aromatic heterocycles. The average molecular weight is 384 g/mol. The van der Waals surface area contributed by atoms with Gasteiger partial charge in [-0.3, -0.25) is 9.98 Å². The molecule has 2 unspecified atom stereocenters. The average Bonchev–Trinajstić information content (AvgIpc) is 2.78. The minimum absolute atomic E-state index is 0.202. The van der Waals surface area contributed by atoms with E-state index in [1.165, 1.54) is 11.1 Å². The highest BCUT2D eigenvalue weighted by molar-refractivity contribution is 6.11. The van der Waals surface area contributed by atoms with E-state index in [2.05, 4.69) is 39.6 Å². The van der Waals surface area contributed by atoms with Crippen molar-refractivity contribution in [2.75, 3.05) is 6.54 Å². The SMILES string of the molecule is Fc1ccc(C2CC3CN=C(NCc4cccnc4)N=C3c3ccccc32)cc1. The number of pyridine rings is 1. The van der Waals surface area contributed by atoms with Gasteiger partial charge in [0.15, 0.2) is 0 Å². The lowest BCUT2D eigenvalue weighted by Crippen LogP contribution is -2.35. The number of hydrogen-bond acceptors (Lipinski definition) is 4. The first-order chi connectivity index (χ1) is 14.3. The number of halogens is 1. The van der Waals surface area contributed by atoms with Crippen molar-refractivity contribution in [2.45, 2.75) is 18.9 Å². The highest BCUT2D eigenvalue weighted by Gasteiger charge is 2.34. The number of aliphatic imine (C=N–C) groups is 2. The Kier molecular flexibility index (Phi) is 4.64. The van der Waals surface area contributed by atoms with Crippen molar-refractivity contribution in [1.82, 2.24) is 10.3 Å². The van der Waals surface area contributed by atoms with E-state index in [-0.39, 0.29) is 17.7 Å². The lowest BCUT2D eigenvalue weighted by Gasteiger charge is -2.34. The summed E-state index contributed by atoms with van der Waals surface area (Å²) in [6, 6.07) is 19.3. The fraction of sp³-hybridized carbons (Fsp3) is 0.208. The molecule has 2 atom stereocenters. The zero-order chi connectivity index (χ0) is 19.6. The maximum Gasteiger partial charge on any atom is 0.218 e. The molecule has 0 radical (unpaired) electrons. The van der Waals surface area contributed by atoms with Crippen molar-refractivity contribution < 1.29 is 4.39 Å². The Morgan fingerprint density at radius 3 is 2.69 bits per heavy atom. The fourth-order valence-corrected chi connectivity index (χ4v) is 4.23. The maximum absolute atomic E-state index is 13.4. The number of hydrogen-bond donors (Lipinski definition) is 1. The lowest BCUT2D eigenvalue weighted by molar-refractivity contribution is 0.559. The van der Waals surface area contributed by atoms with Gasteiger partial charge in [0.1, 0.15) is 5.82 Å². The molecule has 0 bridgehead atoms. The van der Waals surface area contributed by atoms with Crippen LogP contribution in [0.3, 0.4) is 0 Å². The molecule has 0 amide bonds. The Balaban J connectivity index is 1.44. The van der Waals surface area contributed by atoms with Crippen molar-refractivity contribution in [3.63, 3.8) is 0 Å². The second kappa shape index (κ2) is 7.59. The molecule has 5 heteroatoms. The molecule has 0 saturated heterocycles. The molecule has 2 aliphatic rings. The number of nitrogens with zero attached hydrogens (tertiary/aromatic N) is 3. The third kappa shape index (κ3) is 3.56. The van der Waals surface area contributed by atoms with Gasteiger partial charge in [-0.2, -0.15) is 0 Å². The molecular weight excluding hydrogens is 363 g/mol. The molecule has 0 saturated carbocycles. The number of rotatable bonds is 3. The summed E-state index contributed by atoms with van der Waals surface area (Å²) in [6.07, 6.45) is 4.54. The highest BCUT2D eigenvalue weighted by atomic mass is 19.1. The van der Waals surface area contributed by atoms with Gasteiger partial charge in [0.2, 0.25) is 5.96 Å². The van der Waals surface area contributed by atoms with Crippen LogP contribution in [0.25, 0.3) is 0 Å². The van der Waals surface area contributed by atoms with Crippen LogP contribution < -0.4 is 5.32 Å². The number of benzene rings is 2. The van der Waals surface area contributed by atoms with Crippen LogP contribution in [0.4, 0.5) is 4.39 Å². The Labute approximate surface area is 169 Å². The van der Waals surface area contributed by atoms with Gasteiger partial charge in [-0.05, 0) is 41.3 Å². The molecule has 5 rings (SSSR count). The summed E-state index contributed by atoms with van der Waals surface area (Å²) in [5.74, 6) is 0.974. The van der Waals surface area contributed by atoms with E-state index in [1.54, 1.807) is 18.3 Å². The largest absolute Gasteiger partial charge is 0.350 e. The molecule has 1 aliphatic carbocycles. The standard InChI is InChI=1S/C24H21FN4/c25-19-9-7-17(8-10-19)22-12-18-15-28-24(27-14-16-4-3-11-26-13-16)29-23(18)21-6-2-1-5-20(21)22/h1-11,13,18,22H,12,14-15H2,(H,27,28). The van der Waals surface area contributed by atoms with Crippen LogP contribution >= 0.6 is 0 Å². The van der Waals surface area contributed by atoms with Gasteiger partial charge < -0.3 is 5.32 Å². The Morgan fingerprint density at radius 1 is 1.00 bits per heavy atom. The summed E-state index contributed by atoms with van der Waals surface area (Å²) >= 11 is 0.